The average molecular weight is 344 g/mol. The van der Waals surface area contributed by atoms with Gasteiger partial charge in [-0.1, -0.05) is 0 Å². The van der Waals surface area contributed by atoms with Crippen LogP contribution in [0.1, 0.15) is 26.3 Å². The van der Waals surface area contributed by atoms with Gasteiger partial charge in [0.15, 0.2) is 0 Å². The highest BCUT2D eigenvalue weighted by Gasteiger charge is 2.50. The molecule has 0 radical (unpaired) electrons. The van der Waals surface area contributed by atoms with Gasteiger partial charge < -0.3 is 5.32 Å². The van der Waals surface area contributed by atoms with E-state index in [1.54, 1.807) is 27.8 Å². The Labute approximate surface area is 134 Å². The van der Waals surface area contributed by atoms with Gasteiger partial charge in [0.2, 0.25) is 0 Å². The summed E-state index contributed by atoms with van der Waals surface area (Å²) in [6, 6.07) is 3.24. The molecule has 9 heteroatoms. The summed E-state index contributed by atoms with van der Waals surface area (Å²) in [6.45, 7) is 4.97. The molecule has 23 heavy (non-hydrogen) atoms. The number of nitrogens with one attached hydrogen (secondary N) is 3. The number of halogens is 1. The molecule has 1 atom stereocenters. The molecular formula is C14H21FN4O3S. The third-order valence-electron chi connectivity index (χ3n) is 4.57. The van der Waals surface area contributed by atoms with Crippen LogP contribution in [0.3, 0.4) is 0 Å². The van der Waals surface area contributed by atoms with Crippen LogP contribution in [0.2, 0.25) is 0 Å². The molecule has 0 saturated carbocycles. The van der Waals surface area contributed by atoms with Crippen molar-refractivity contribution < 1.29 is 13.5 Å². The summed E-state index contributed by atoms with van der Waals surface area (Å²) in [5.41, 5.74) is -1.40. The van der Waals surface area contributed by atoms with Crippen LogP contribution in [0.4, 0.5) is 10.1 Å². The number of hydrogen-bond donors (Lipinski definition) is 4. The highest BCUT2D eigenvalue weighted by molar-refractivity contribution is 8.03. The van der Waals surface area contributed by atoms with Gasteiger partial charge in [-0.2, -0.15) is 0 Å². The van der Waals surface area contributed by atoms with Crippen molar-refractivity contribution in [3.63, 3.8) is 0 Å². The van der Waals surface area contributed by atoms with Crippen LogP contribution < -0.4 is 10.0 Å². The Morgan fingerprint density at radius 1 is 1.43 bits per heavy atom. The van der Waals surface area contributed by atoms with E-state index in [1.165, 1.54) is 0 Å². The van der Waals surface area contributed by atoms with Crippen LogP contribution in [0.15, 0.2) is 18.2 Å². The van der Waals surface area contributed by atoms with E-state index >= 15 is 0 Å². The lowest BCUT2D eigenvalue weighted by Crippen LogP contribution is -2.69. The summed E-state index contributed by atoms with van der Waals surface area (Å²) in [6.07, 6.45) is 0. The quantitative estimate of drug-likeness (QED) is 0.378. The highest BCUT2D eigenvalue weighted by Crippen LogP contribution is 2.38. The maximum Gasteiger partial charge on any atom is 0.269 e. The number of nitro groups is 1. The van der Waals surface area contributed by atoms with Crippen LogP contribution in [0.5, 0.6) is 0 Å². The number of thiol groups is 1. The standard InChI is InChI=1S/C14H21FN4O3S/c1-13(2)12(16)18-14(3,8-23(13,22)17-4)10-7-9(19(20)21)5-6-11(10)15/h5-7,23H,8H2,1-4H3,(H2,16,18)(H,17,22)/t14-/m0/s1. The third kappa shape index (κ3) is 2.63. The lowest BCUT2D eigenvalue weighted by atomic mass is 9.91. The van der Waals surface area contributed by atoms with Gasteiger partial charge in [0.25, 0.3) is 5.69 Å². The highest BCUT2D eigenvalue weighted by atomic mass is 32.3. The van der Waals surface area contributed by atoms with Crippen molar-refractivity contribution in [3.8, 4) is 0 Å². The molecule has 3 N–H and O–H groups in total. The second-order valence-corrected chi connectivity index (χ2v) is 9.79. The Kier molecular flexibility index (Phi) is 4.06. The van der Waals surface area contributed by atoms with Gasteiger partial charge in [0.1, 0.15) is 11.7 Å². The zero-order chi connectivity index (χ0) is 17.6. The molecule has 7 nitrogen and oxygen atoms in total. The molecule has 1 aliphatic heterocycles. The largest absolute Gasteiger partial charge is 0.363 e. The van der Waals surface area contributed by atoms with Gasteiger partial charge in [-0.3, -0.25) is 24.5 Å². The number of rotatable bonds is 3. The first-order chi connectivity index (χ1) is 10.5. The van der Waals surface area contributed by atoms with Crippen molar-refractivity contribution in [2.75, 3.05) is 12.8 Å². The molecule has 1 heterocycles. The van der Waals surface area contributed by atoms with Gasteiger partial charge >= 0.3 is 0 Å². The van der Waals surface area contributed by atoms with Crippen LogP contribution in [-0.2, 0) is 15.7 Å². The van der Waals surface area contributed by atoms with Crippen molar-refractivity contribution in [2.45, 2.75) is 31.1 Å². The van der Waals surface area contributed by atoms with Crippen LogP contribution in [0.25, 0.3) is 0 Å². The summed E-state index contributed by atoms with van der Waals surface area (Å²) in [4.78, 5) is 10.3. The average Bonchev–Trinajstić information content (AvgIpc) is 2.45. The molecule has 1 aliphatic rings. The van der Waals surface area contributed by atoms with Crippen molar-refractivity contribution in [1.29, 1.82) is 5.41 Å². The Balaban J connectivity index is 2.60. The van der Waals surface area contributed by atoms with E-state index in [4.69, 9.17) is 5.41 Å². The third-order valence-corrected chi connectivity index (χ3v) is 8.40. The van der Waals surface area contributed by atoms with E-state index in [1.807, 2.05) is 0 Å². The van der Waals surface area contributed by atoms with E-state index < -0.39 is 31.1 Å². The Morgan fingerprint density at radius 3 is 2.57 bits per heavy atom. The predicted molar refractivity (Wildman–Crippen MR) is 88.8 cm³/mol. The molecule has 0 spiro atoms. The van der Waals surface area contributed by atoms with Gasteiger partial charge in [0, 0.05) is 23.4 Å². The van der Waals surface area contributed by atoms with Crippen LogP contribution in [-0.4, -0.2) is 32.5 Å². The first kappa shape index (κ1) is 17.5. The van der Waals surface area contributed by atoms with Crippen molar-refractivity contribution in [3.05, 3.63) is 39.7 Å². The van der Waals surface area contributed by atoms with Gasteiger partial charge in [-0.05, 0) is 44.0 Å². The lowest BCUT2D eigenvalue weighted by molar-refractivity contribution is -0.385. The fourth-order valence-corrected chi connectivity index (χ4v) is 5.52. The molecule has 0 amide bonds. The van der Waals surface area contributed by atoms with E-state index in [0.717, 1.165) is 18.2 Å². The molecule has 0 unspecified atom stereocenters. The SMILES string of the molecule is CN[SH]1(=O)C[C@@](C)(c2cc([N+](=O)[O-])ccc2F)NC(=N)C1(C)C. The van der Waals surface area contributed by atoms with Crippen molar-refractivity contribution in [2.24, 2.45) is 0 Å². The molecule has 0 aromatic heterocycles. The summed E-state index contributed by atoms with van der Waals surface area (Å²) in [5, 5.41) is 22.0. The fraction of sp³-hybridized carbons (Fsp3) is 0.500. The molecule has 1 aromatic carbocycles. The first-order valence-corrected chi connectivity index (χ1v) is 8.96. The van der Waals surface area contributed by atoms with E-state index in [-0.39, 0.29) is 22.8 Å². The second kappa shape index (κ2) is 5.34. The van der Waals surface area contributed by atoms with Gasteiger partial charge in [0.05, 0.1) is 15.2 Å². The van der Waals surface area contributed by atoms with Crippen molar-refractivity contribution >= 4 is 21.6 Å². The predicted octanol–water partition coefficient (Wildman–Crippen LogP) is 1.46. The maximum absolute atomic E-state index is 14.3. The maximum atomic E-state index is 14.3. The number of benzene rings is 1. The Hall–Kier alpha value is -1.87. The number of non-ortho nitro benzene ring substituents is 1. The smallest absolute Gasteiger partial charge is 0.269 e. The molecule has 2 rings (SSSR count). The van der Waals surface area contributed by atoms with Crippen LogP contribution >= 0.6 is 0 Å². The monoisotopic (exact) mass is 344 g/mol. The number of nitrogens with zero attached hydrogens (tertiary/aromatic N) is 1. The second-order valence-electron chi connectivity index (χ2n) is 6.43. The van der Waals surface area contributed by atoms with E-state index in [9.17, 15) is 18.7 Å². The zero-order valence-corrected chi connectivity index (χ0v) is 14.3. The normalized spacial score (nSPS) is 27.1. The van der Waals surface area contributed by atoms with E-state index in [0.29, 0.717) is 0 Å². The summed E-state index contributed by atoms with van der Waals surface area (Å²) < 4.78 is 29.4. The molecule has 1 saturated heterocycles. The van der Waals surface area contributed by atoms with Gasteiger partial charge in [-0.25, -0.2) is 4.39 Å². The Morgan fingerprint density at radius 2 is 2.04 bits per heavy atom. The van der Waals surface area contributed by atoms with Crippen molar-refractivity contribution in [1.82, 2.24) is 10.0 Å². The zero-order valence-electron chi connectivity index (χ0n) is 13.4. The molecule has 0 aliphatic carbocycles. The topological polar surface area (TPSA) is 108 Å². The van der Waals surface area contributed by atoms with Crippen LogP contribution in [0, 0.1) is 21.3 Å². The minimum Gasteiger partial charge on any atom is -0.363 e. The number of nitro benzene ring substituents is 1. The summed E-state index contributed by atoms with van der Waals surface area (Å²) >= 11 is 0. The van der Waals surface area contributed by atoms with Gasteiger partial charge in [-0.15, -0.1) is 0 Å². The molecular weight excluding hydrogens is 323 g/mol. The molecule has 128 valence electrons. The fourth-order valence-electron chi connectivity index (χ4n) is 2.85. The summed E-state index contributed by atoms with van der Waals surface area (Å²) in [5.74, 6) is -0.597. The molecule has 1 aromatic rings. The minimum atomic E-state index is -3.07. The number of hydrogen-bond acceptors (Lipinski definition) is 4. The number of amidine groups is 1. The molecule has 0 bridgehead atoms. The molecule has 1 fully saturated rings. The lowest BCUT2D eigenvalue weighted by Gasteiger charge is -2.51. The van der Waals surface area contributed by atoms with E-state index in [2.05, 4.69) is 10.0 Å². The first-order valence-electron chi connectivity index (χ1n) is 7.07. The minimum absolute atomic E-state index is 0.00911. The summed E-state index contributed by atoms with van der Waals surface area (Å²) in [7, 11) is -1.53. The Bertz CT molecular complexity index is 737.